The van der Waals surface area contributed by atoms with Crippen LogP contribution < -0.4 is 5.32 Å². The van der Waals surface area contributed by atoms with Gasteiger partial charge < -0.3 is 15.0 Å². The molecule has 3 heterocycles. The molecule has 0 bridgehead atoms. The average Bonchev–Trinajstić information content (AvgIpc) is 3.45. The minimum atomic E-state index is 0. The van der Waals surface area contributed by atoms with E-state index in [0.717, 1.165) is 58.3 Å². The van der Waals surface area contributed by atoms with Gasteiger partial charge in [0.15, 0.2) is 5.96 Å². The fourth-order valence-corrected chi connectivity index (χ4v) is 5.30. The van der Waals surface area contributed by atoms with Gasteiger partial charge in [0.2, 0.25) is 0 Å². The summed E-state index contributed by atoms with van der Waals surface area (Å²) in [7, 11) is 1.90. The molecule has 0 amide bonds. The van der Waals surface area contributed by atoms with Crippen molar-refractivity contribution in [2.75, 3.05) is 53.0 Å². The number of nitrogens with one attached hydrogen (secondary N) is 1. The summed E-state index contributed by atoms with van der Waals surface area (Å²) >= 11 is 1.84. The van der Waals surface area contributed by atoms with E-state index in [0.29, 0.717) is 12.0 Å². The summed E-state index contributed by atoms with van der Waals surface area (Å²) in [5.41, 5.74) is 1.44. The second kappa shape index (κ2) is 12.0. The molecule has 7 heteroatoms. The third kappa shape index (κ3) is 6.18. The Morgan fingerprint density at radius 2 is 1.97 bits per heavy atom. The van der Waals surface area contributed by atoms with Crippen LogP contribution in [0.3, 0.4) is 0 Å². The number of hydrogen-bond acceptors (Lipinski definition) is 4. The molecular weight excluding hydrogens is 507 g/mol. The first kappa shape index (κ1) is 23.5. The van der Waals surface area contributed by atoms with E-state index in [-0.39, 0.29) is 24.0 Å². The smallest absolute Gasteiger partial charge is 0.193 e. The van der Waals surface area contributed by atoms with Crippen LogP contribution in [0.2, 0.25) is 0 Å². The van der Waals surface area contributed by atoms with Crippen molar-refractivity contribution in [1.82, 2.24) is 15.1 Å². The summed E-state index contributed by atoms with van der Waals surface area (Å²) < 4.78 is 5.57. The Balaban J connectivity index is 0.00000256. The van der Waals surface area contributed by atoms with Gasteiger partial charge in [-0.2, -0.15) is 0 Å². The molecule has 1 N–H and O–H groups in total. The highest BCUT2D eigenvalue weighted by atomic mass is 127. The van der Waals surface area contributed by atoms with Crippen molar-refractivity contribution in [3.8, 4) is 0 Å². The molecule has 0 radical (unpaired) electrons. The topological polar surface area (TPSA) is 40.1 Å². The van der Waals surface area contributed by atoms with Crippen molar-refractivity contribution in [3.05, 3.63) is 58.3 Å². The molecule has 2 atom stereocenters. The Labute approximate surface area is 201 Å². The number of halogens is 1. The normalized spacial score (nSPS) is 21.3. The standard InChI is InChI=1S/C23H32N4OS.HI/c1-24-23(27-10-9-20(18-27)16-19-6-3-2-4-7-19)25-17-21(22-8-5-15-29-22)26-11-13-28-14-12-26;/h2-8,15,20-21H,9-14,16-18H2,1H3,(H,24,25);1H. The second-order valence-corrected chi connectivity index (χ2v) is 8.88. The van der Waals surface area contributed by atoms with Crippen molar-refractivity contribution in [2.24, 2.45) is 10.9 Å². The SMILES string of the molecule is CN=C(NCC(c1cccs1)N1CCOCC1)N1CCC(Cc2ccccc2)C1.I. The van der Waals surface area contributed by atoms with Crippen molar-refractivity contribution >= 4 is 41.3 Å². The fourth-order valence-electron chi connectivity index (χ4n) is 4.44. The third-order valence-electron chi connectivity index (χ3n) is 5.98. The minimum absolute atomic E-state index is 0. The van der Waals surface area contributed by atoms with Gasteiger partial charge in [0.25, 0.3) is 0 Å². The molecule has 30 heavy (non-hydrogen) atoms. The molecule has 2 aliphatic rings. The first-order valence-electron chi connectivity index (χ1n) is 10.7. The van der Waals surface area contributed by atoms with E-state index >= 15 is 0 Å². The lowest BCUT2D eigenvalue weighted by Crippen LogP contribution is -2.47. The first-order valence-corrected chi connectivity index (χ1v) is 11.6. The summed E-state index contributed by atoms with van der Waals surface area (Å²) in [5, 5.41) is 5.85. The first-order chi connectivity index (χ1) is 14.3. The molecule has 0 saturated carbocycles. The number of benzene rings is 1. The maximum absolute atomic E-state index is 5.57. The Morgan fingerprint density at radius 1 is 1.17 bits per heavy atom. The number of aliphatic imine (C=N–C) groups is 1. The molecule has 164 valence electrons. The Hall–Kier alpha value is -1.16. The lowest BCUT2D eigenvalue weighted by Gasteiger charge is -2.35. The molecule has 4 rings (SSSR count). The van der Waals surface area contributed by atoms with E-state index in [4.69, 9.17) is 4.74 Å². The zero-order valence-corrected chi connectivity index (χ0v) is 20.9. The van der Waals surface area contributed by atoms with Crippen LogP contribution in [-0.4, -0.2) is 68.7 Å². The van der Waals surface area contributed by atoms with Gasteiger partial charge in [0.1, 0.15) is 0 Å². The van der Waals surface area contributed by atoms with Crippen LogP contribution in [0.5, 0.6) is 0 Å². The number of hydrogen-bond donors (Lipinski definition) is 1. The number of likely N-dealkylation sites (tertiary alicyclic amines) is 1. The van der Waals surface area contributed by atoms with Gasteiger partial charge in [-0.1, -0.05) is 36.4 Å². The molecule has 0 aliphatic carbocycles. The van der Waals surface area contributed by atoms with E-state index in [2.05, 4.69) is 68.0 Å². The third-order valence-corrected chi connectivity index (χ3v) is 6.95. The van der Waals surface area contributed by atoms with Gasteiger partial charge in [-0.05, 0) is 35.8 Å². The number of thiophene rings is 1. The van der Waals surface area contributed by atoms with Crippen molar-refractivity contribution in [3.63, 3.8) is 0 Å². The quantitative estimate of drug-likeness (QED) is 0.343. The molecule has 2 aromatic rings. The predicted octanol–water partition coefficient (Wildman–Crippen LogP) is 3.88. The van der Waals surface area contributed by atoms with Crippen molar-refractivity contribution < 1.29 is 4.74 Å². The number of ether oxygens (including phenoxy) is 1. The molecule has 1 aromatic heterocycles. The van der Waals surface area contributed by atoms with Gasteiger partial charge in [-0.15, -0.1) is 35.3 Å². The van der Waals surface area contributed by atoms with Crippen LogP contribution in [-0.2, 0) is 11.2 Å². The zero-order chi connectivity index (χ0) is 19.9. The second-order valence-electron chi connectivity index (χ2n) is 7.90. The highest BCUT2D eigenvalue weighted by Crippen LogP contribution is 2.26. The van der Waals surface area contributed by atoms with Gasteiger partial charge in [0.05, 0.1) is 19.3 Å². The average molecular weight is 541 g/mol. The highest BCUT2D eigenvalue weighted by Gasteiger charge is 2.27. The summed E-state index contributed by atoms with van der Waals surface area (Å²) in [6.07, 6.45) is 2.38. The molecule has 2 aliphatic heterocycles. The predicted molar refractivity (Wildman–Crippen MR) is 136 cm³/mol. The van der Waals surface area contributed by atoms with Gasteiger partial charge >= 0.3 is 0 Å². The van der Waals surface area contributed by atoms with E-state index in [1.54, 1.807) is 0 Å². The van der Waals surface area contributed by atoms with E-state index in [1.807, 2.05) is 18.4 Å². The number of morpholine rings is 1. The van der Waals surface area contributed by atoms with Crippen LogP contribution in [0.1, 0.15) is 22.9 Å². The van der Waals surface area contributed by atoms with Crippen LogP contribution in [0.25, 0.3) is 0 Å². The monoisotopic (exact) mass is 540 g/mol. The molecule has 5 nitrogen and oxygen atoms in total. The van der Waals surface area contributed by atoms with Crippen LogP contribution in [0.4, 0.5) is 0 Å². The number of rotatable bonds is 6. The van der Waals surface area contributed by atoms with Crippen molar-refractivity contribution in [2.45, 2.75) is 18.9 Å². The number of guanidine groups is 1. The van der Waals surface area contributed by atoms with Crippen LogP contribution in [0, 0.1) is 5.92 Å². The Bertz CT molecular complexity index is 765. The summed E-state index contributed by atoms with van der Waals surface area (Å²) in [4.78, 5) is 11.0. The van der Waals surface area contributed by atoms with Crippen molar-refractivity contribution in [1.29, 1.82) is 0 Å². The van der Waals surface area contributed by atoms with E-state index in [1.165, 1.54) is 16.9 Å². The Kier molecular flexibility index (Phi) is 9.42. The van der Waals surface area contributed by atoms with Gasteiger partial charge in [-0.25, -0.2) is 0 Å². The molecule has 0 spiro atoms. The molecular formula is C23H33IN4OS. The largest absolute Gasteiger partial charge is 0.379 e. The maximum atomic E-state index is 5.57. The van der Waals surface area contributed by atoms with Crippen LogP contribution >= 0.6 is 35.3 Å². The highest BCUT2D eigenvalue weighted by molar-refractivity contribution is 14.0. The molecule has 2 unspecified atom stereocenters. The fraction of sp³-hybridized carbons (Fsp3) is 0.522. The number of nitrogens with zero attached hydrogens (tertiary/aromatic N) is 3. The van der Waals surface area contributed by atoms with E-state index < -0.39 is 0 Å². The Morgan fingerprint density at radius 3 is 2.67 bits per heavy atom. The van der Waals surface area contributed by atoms with Gasteiger partial charge in [-0.3, -0.25) is 9.89 Å². The van der Waals surface area contributed by atoms with Gasteiger partial charge in [0, 0.05) is 44.6 Å². The summed E-state index contributed by atoms with van der Waals surface area (Å²) in [5.74, 6) is 1.73. The zero-order valence-electron chi connectivity index (χ0n) is 17.7. The lowest BCUT2D eigenvalue weighted by atomic mass is 9.99. The minimum Gasteiger partial charge on any atom is -0.379 e. The van der Waals surface area contributed by atoms with E-state index in [9.17, 15) is 0 Å². The summed E-state index contributed by atoms with van der Waals surface area (Å²) in [6.45, 7) is 6.67. The molecule has 2 fully saturated rings. The molecule has 2 saturated heterocycles. The molecule has 1 aromatic carbocycles. The van der Waals surface area contributed by atoms with Crippen LogP contribution in [0.15, 0.2) is 52.8 Å². The lowest BCUT2D eigenvalue weighted by molar-refractivity contribution is 0.0176. The summed E-state index contributed by atoms with van der Waals surface area (Å²) in [6, 6.07) is 15.6. The maximum Gasteiger partial charge on any atom is 0.193 e.